The first-order chi connectivity index (χ1) is 12.5. The smallest absolute Gasteiger partial charge is 0.404 e. The molecule has 0 radical (unpaired) electrons. The van der Waals surface area contributed by atoms with Crippen molar-refractivity contribution < 1.29 is 19.1 Å². The van der Waals surface area contributed by atoms with Gasteiger partial charge in [0.15, 0.2) is 5.78 Å². The summed E-state index contributed by atoms with van der Waals surface area (Å²) in [7, 11) is 1.61. The summed E-state index contributed by atoms with van der Waals surface area (Å²) in [6.45, 7) is 3.22. The summed E-state index contributed by atoms with van der Waals surface area (Å²) in [5.41, 5.74) is 7.68. The molecule has 2 aromatic rings. The fourth-order valence-electron chi connectivity index (χ4n) is 2.65. The number of ether oxygens (including phenoxy) is 2. The van der Waals surface area contributed by atoms with Crippen molar-refractivity contribution in [2.45, 2.75) is 13.5 Å². The third-order valence-electron chi connectivity index (χ3n) is 4.03. The summed E-state index contributed by atoms with van der Waals surface area (Å²) < 4.78 is 9.99. The van der Waals surface area contributed by atoms with Gasteiger partial charge in [-0.1, -0.05) is 36.4 Å². The fraction of sp³-hybridized carbons (Fsp3) is 0.300. The number of Topliss-reactive ketones (excluding diaryl/α,β-unsaturated/α-hetero) is 1. The van der Waals surface area contributed by atoms with E-state index < -0.39 is 6.09 Å². The van der Waals surface area contributed by atoms with Crippen LogP contribution in [0.15, 0.2) is 48.5 Å². The highest BCUT2D eigenvalue weighted by atomic mass is 16.5. The van der Waals surface area contributed by atoms with Crippen LogP contribution in [-0.2, 0) is 11.3 Å². The molecule has 0 atom stereocenters. The van der Waals surface area contributed by atoms with Gasteiger partial charge in [-0.05, 0) is 30.2 Å². The Hall–Kier alpha value is -2.86. The van der Waals surface area contributed by atoms with Crippen LogP contribution in [0.25, 0.3) is 0 Å². The molecule has 0 aliphatic rings. The molecule has 2 rings (SSSR count). The number of methoxy groups -OCH3 is 1. The van der Waals surface area contributed by atoms with Gasteiger partial charge in [-0.25, -0.2) is 4.79 Å². The molecule has 6 heteroatoms. The Kier molecular flexibility index (Phi) is 7.17. The normalized spacial score (nSPS) is 10.6. The second-order valence-electron chi connectivity index (χ2n) is 5.96. The van der Waals surface area contributed by atoms with Crippen LogP contribution in [0.2, 0.25) is 0 Å². The molecular weight excluding hydrogens is 332 g/mol. The molecule has 0 bridgehead atoms. The first-order valence-electron chi connectivity index (χ1n) is 8.36. The molecule has 26 heavy (non-hydrogen) atoms. The minimum atomic E-state index is -0.820. The molecule has 2 N–H and O–H groups in total. The topological polar surface area (TPSA) is 81.9 Å². The molecule has 1 amide bonds. The number of ketones is 1. The van der Waals surface area contributed by atoms with E-state index in [9.17, 15) is 9.59 Å². The van der Waals surface area contributed by atoms with Crippen LogP contribution < -0.4 is 10.5 Å². The first kappa shape index (κ1) is 19.5. The van der Waals surface area contributed by atoms with Gasteiger partial charge < -0.3 is 15.2 Å². The average Bonchev–Trinajstić information content (AvgIpc) is 2.62. The van der Waals surface area contributed by atoms with Gasteiger partial charge in [-0.15, -0.1) is 0 Å². The summed E-state index contributed by atoms with van der Waals surface area (Å²) >= 11 is 0. The van der Waals surface area contributed by atoms with E-state index in [1.165, 1.54) is 0 Å². The largest absolute Gasteiger partial charge is 0.497 e. The molecule has 0 fully saturated rings. The lowest BCUT2D eigenvalue weighted by Crippen LogP contribution is -2.33. The van der Waals surface area contributed by atoms with Crippen molar-refractivity contribution in [2.75, 3.05) is 26.8 Å². The van der Waals surface area contributed by atoms with E-state index in [1.807, 2.05) is 60.4 Å². The van der Waals surface area contributed by atoms with Gasteiger partial charge >= 0.3 is 6.09 Å². The standard InChI is InChI=1S/C20H24N2O4/c1-15-5-3-4-6-18(15)19(23)14-22(11-12-26-20(21)24)13-16-7-9-17(25-2)10-8-16/h3-10H,11-14H2,1-2H3,(H2,21,24). The molecular formula is C20H24N2O4. The number of hydrogen-bond donors (Lipinski definition) is 1. The number of primary amides is 1. The van der Waals surface area contributed by atoms with Crippen LogP contribution in [0, 0.1) is 6.92 Å². The van der Waals surface area contributed by atoms with Crippen molar-refractivity contribution >= 4 is 11.9 Å². The quantitative estimate of drug-likeness (QED) is 0.699. The lowest BCUT2D eigenvalue weighted by atomic mass is 10.0. The number of benzene rings is 2. The minimum Gasteiger partial charge on any atom is -0.497 e. The minimum absolute atomic E-state index is 0.0238. The van der Waals surface area contributed by atoms with Crippen molar-refractivity contribution in [3.63, 3.8) is 0 Å². The Morgan fingerprint density at radius 2 is 1.77 bits per heavy atom. The van der Waals surface area contributed by atoms with E-state index in [-0.39, 0.29) is 18.9 Å². The fourth-order valence-corrected chi connectivity index (χ4v) is 2.65. The Morgan fingerprint density at radius 1 is 1.08 bits per heavy atom. The van der Waals surface area contributed by atoms with E-state index >= 15 is 0 Å². The maximum atomic E-state index is 12.7. The van der Waals surface area contributed by atoms with Crippen LogP contribution in [0.3, 0.4) is 0 Å². The van der Waals surface area contributed by atoms with E-state index in [2.05, 4.69) is 0 Å². The first-order valence-corrected chi connectivity index (χ1v) is 8.36. The number of carbonyl (C=O) groups excluding carboxylic acids is 2. The third-order valence-corrected chi connectivity index (χ3v) is 4.03. The van der Waals surface area contributed by atoms with Crippen molar-refractivity contribution in [1.29, 1.82) is 0 Å². The summed E-state index contributed by atoms with van der Waals surface area (Å²) in [5.74, 6) is 0.795. The molecule has 0 aromatic heterocycles. The van der Waals surface area contributed by atoms with Gasteiger partial charge in [0.1, 0.15) is 12.4 Å². The van der Waals surface area contributed by atoms with E-state index in [4.69, 9.17) is 15.2 Å². The van der Waals surface area contributed by atoms with E-state index in [0.29, 0.717) is 18.7 Å². The van der Waals surface area contributed by atoms with E-state index in [0.717, 1.165) is 16.9 Å². The van der Waals surface area contributed by atoms with Crippen LogP contribution in [0.5, 0.6) is 5.75 Å². The highest BCUT2D eigenvalue weighted by Crippen LogP contribution is 2.14. The lowest BCUT2D eigenvalue weighted by molar-refractivity contribution is 0.0894. The molecule has 0 unspecified atom stereocenters. The average molecular weight is 356 g/mol. The zero-order chi connectivity index (χ0) is 18.9. The van der Waals surface area contributed by atoms with Crippen LogP contribution in [-0.4, -0.2) is 43.6 Å². The number of amides is 1. The maximum Gasteiger partial charge on any atom is 0.404 e. The molecule has 0 heterocycles. The Bertz CT molecular complexity index is 744. The van der Waals surface area contributed by atoms with Crippen LogP contribution >= 0.6 is 0 Å². The van der Waals surface area contributed by atoms with Crippen molar-refractivity contribution in [3.05, 3.63) is 65.2 Å². The zero-order valence-electron chi connectivity index (χ0n) is 15.1. The van der Waals surface area contributed by atoms with Gasteiger partial charge in [-0.3, -0.25) is 9.69 Å². The molecule has 0 saturated carbocycles. The highest BCUT2D eigenvalue weighted by Gasteiger charge is 2.15. The maximum absolute atomic E-state index is 12.7. The summed E-state index contributed by atoms with van der Waals surface area (Å²) in [6, 6.07) is 15.1. The number of nitrogens with zero attached hydrogens (tertiary/aromatic N) is 1. The number of carbonyl (C=O) groups is 2. The van der Waals surface area contributed by atoms with Crippen molar-refractivity contribution in [2.24, 2.45) is 5.73 Å². The molecule has 0 spiro atoms. The van der Waals surface area contributed by atoms with Crippen molar-refractivity contribution in [3.8, 4) is 5.75 Å². The van der Waals surface area contributed by atoms with Gasteiger partial charge in [0, 0.05) is 18.7 Å². The van der Waals surface area contributed by atoms with Gasteiger partial charge in [-0.2, -0.15) is 0 Å². The van der Waals surface area contributed by atoms with Gasteiger partial charge in [0.25, 0.3) is 0 Å². The van der Waals surface area contributed by atoms with Crippen LogP contribution in [0.4, 0.5) is 4.79 Å². The lowest BCUT2D eigenvalue weighted by Gasteiger charge is -2.22. The molecule has 0 aliphatic heterocycles. The molecule has 0 aliphatic carbocycles. The Labute approximate surface area is 153 Å². The Morgan fingerprint density at radius 3 is 2.38 bits per heavy atom. The second-order valence-corrected chi connectivity index (χ2v) is 5.96. The number of rotatable bonds is 9. The summed E-state index contributed by atoms with van der Waals surface area (Å²) in [6.07, 6.45) is -0.820. The summed E-state index contributed by atoms with van der Waals surface area (Å²) in [5, 5.41) is 0. The summed E-state index contributed by atoms with van der Waals surface area (Å²) in [4.78, 5) is 25.4. The van der Waals surface area contributed by atoms with Gasteiger partial charge in [0.05, 0.1) is 13.7 Å². The van der Waals surface area contributed by atoms with E-state index in [1.54, 1.807) is 7.11 Å². The Balaban J connectivity index is 2.07. The predicted molar refractivity (Wildman–Crippen MR) is 99.3 cm³/mol. The molecule has 2 aromatic carbocycles. The highest BCUT2D eigenvalue weighted by molar-refractivity contribution is 5.98. The second kappa shape index (κ2) is 9.58. The molecule has 138 valence electrons. The van der Waals surface area contributed by atoms with Gasteiger partial charge in [0.2, 0.25) is 0 Å². The van der Waals surface area contributed by atoms with Crippen molar-refractivity contribution in [1.82, 2.24) is 4.90 Å². The predicted octanol–water partition coefficient (Wildman–Crippen LogP) is 2.78. The van der Waals surface area contributed by atoms with Crippen LogP contribution in [0.1, 0.15) is 21.5 Å². The number of nitrogens with two attached hydrogens (primary N) is 1. The molecule has 0 saturated heterocycles. The third kappa shape index (κ3) is 5.89. The monoisotopic (exact) mass is 356 g/mol. The SMILES string of the molecule is COc1ccc(CN(CCOC(N)=O)CC(=O)c2ccccc2C)cc1. The molecule has 6 nitrogen and oxygen atoms in total. The number of hydrogen-bond acceptors (Lipinski definition) is 5. The zero-order valence-corrected chi connectivity index (χ0v) is 15.1. The number of aryl methyl sites for hydroxylation is 1.